The van der Waals surface area contributed by atoms with Crippen molar-refractivity contribution in [3.8, 4) is 0 Å². The summed E-state index contributed by atoms with van der Waals surface area (Å²) in [5.74, 6) is -0.357. The van der Waals surface area contributed by atoms with Crippen LogP contribution in [0.1, 0.15) is 10.4 Å². The first-order valence-corrected chi connectivity index (χ1v) is 4.90. The zero-order valence-electron chi connectivity index (χ0n) is 9.85. The summed E-state index contributed by atoms with van der Waals surface area (Å²) in [7, 11) is 4.91. The molecule has 1 rings (SSSR count). The molecule has 0 unspecified atom stereocenters. The van der Waals surface area contributed by atoms with Crippen molar-refractivity contribution in [2.24, 2.45) is 0 Å². The van der Waals surface area contributed by atoms with Crippen LogP contribution in [0, 0.1) is 10.1 Å². The maximum absolute atomic E-state index is 11.4. The monoisotopic (exact) mass is 238 g/mol. The Morgan fingerprint density at radius 1 is 1.41 bits per heavy atom. The van der Waals surface area contributed by atoms with E-state index < -0.39 is 4.92 Å². The van der Waals surface area contributed by atoms with Crippen LogP contribution >= 0.6 is 0 Å². The molecule has 0 aromatic heterocycles. The Morgan fingerprint density at radius 3 is 2.53 bits per heavy atom. The van der Waals surface area contributed by atoms with Gasteiger partial charge in [0, 0.05) is 32.8 Å². The number of benzene rings is 1. The van der Waals surface area contributed by atoms with E-state index in [0.29, 0.717) is 5.69 Å². The van der Waals surface area contributed by atoms with Crippen LogP contribution in [0.15, 0.2) is 18.2 Å². The molecule has 0 aliphatic heterocycles. The lowest BCUT2D eigenvalue weighted by Gasteiger charge is -2.13. The second-order valence-corrected chi connectivity index (χ2v) is 3.57. The molecular weight excluding hydrogens is 224 g/mol. The number of nitrogens with zero attached hydrogens (tertiary/aromatic N) is 2. The average Bonchev–Trinajstić information content (AvgIpc) is 2.27. The van der Waals surface area contributed by atoms with Gasteiger partial charge in [-0.1, -0.05) is 0 Å². The second-order valence-electron chi connectivity index (χ2n) is 3.57. The first-order valence-electron chi connectivity index (χ1n) is 4.90. The number of nitro benzene ring substituents is 1. The van der Waals surface area contributed by atoms with Gasteiger partial charge in [0.05, 0.1) is 4.92 Å². The van der Waals surface area contributed by atoms with Gasteiger partial charge in [-0.3, -0.25) is 14.9 Å². The van der Waals surface area contributed by atoms with Crippen molar-refractivity contribution in [3.05, 3.63) is 33.9 Å². The van der Waals surface area contributed by atoms with E-state index in [1.165, 1.54) is 25.2 Å². The highest BCUT2D eigenvalue weighted by molar-refractivity contribution is 5.95. The number of carbonyl (C=O) groups is 1. The number of amides is 1. The van der Waals surface area contributed by atoms with Crippen molar-refractivity contribution in [1.29, 1.82) is 0 Å². The number of anilines is 1. The predicted molar refractivity (Wildman–Crippen MR) is 63.8 cm³/mol. The number of hydrogen-bond donors (Lipinski definition) is 2. The minimum absolute atomic E-state index is 0.139. The summed E-state index contributed by atoms with van der Waals surface area (Å²) in [5.41, 5.74) is 3.25. The van der Waals surface area contributed by atoms with Gasteiger partial charge >= 0.3 is 0 Å². The number of rotatable bonds is 4. The molecule has 1 aromatic carbocycles. The average molecular weight is 238 g/mol. The van der Waals surface area contributed by atoms with Gasteiger partial charge in [0.1, 0.15) is 5.69 Å². The molecular formula is C10H14N4O3. The zero-order chi connectivity index (χ0) is 13.0. The Kier molecular flexibility index (Phi) is 4.00. The van der Waals surface area contributed by atoms with Crippen LogP contribution in [0.3, 0.4) is 0 Å². The van der Waals surface area contributed by atoms with Crippen LogP contribution in [0.25, 0.3) is 0 Å². The van der Waals surface area contributed by atoms with E-state index in [1.54, 1.807) is 19.1 Å². The van der Waals surface area contributed by atoms with Gasteiger partial charge < -0.3 is 10.7 Å². The smallest absolute Gasteiger partial charge is 0.294 e. The predicted octanol–water partition coefficient (Wildman–Crippen LogP) is 0.843. The van der Waals surface area contributed by atoms with Crippen molar-refractivity contribution < 1.29 is 9.72 Å². The van der Waals surface area contributed by atoms with Gasteiger partial charge in [0.2, 0.25) is 0 Å². The molecule has 7 nitrogen and oxygen atoms in total. The summed E-state index contributed by atoms with van der Waals surface area (Å²) in [6, 6.07) is 4.27. The van der Waals surface area contributed by atoms with E-state index in [2.05, 4.69) is 10.7 Å². The fourth-order valence-electron chi connectivity index (χ4n) is 1.30. The number of hydrazine groups is 1. The molecule has 0 aliphatic rings. The molecule has 2 N–H and O–H groups in total. The van der Waals surface area contributed by atoms with Gasteiger partial charge in [-0.25, -0.2) is 5.01 Å². The van der Waals surface area contributed by atoms with Gasteiger partial charge in [0.25, 0.3) is 11.6 Å². The molecule has 7 heteroatoms. The Balaban J connectivity index is 3.17. The van der Waals surface area contributed by atoms with Crippen LogP contribution in [-0.4, -0.2) is 37.0 Å². The van der Waals surface area contributed by atoms with E-state index in [9.17, 15) is 14.9 Å². The fraction of sp³-hybridized carbons (Fsp3) is 0.300. The lowest BCUT2D eigenvalue weighted by molar-refractivity contribution is -0.384. The fourth-order valence-corrected chi connectivity index (χ4v) is 1.30. The summed E-state index contributed by atoms with van der Waals surface area (Å²) >= 11 is 0. The van der Waals surface area contributed by atoms with Crippen molar-refractivity contribution in [2.75, 3.05) is 26.6 Å². The van der Waals surface area contributed by atoms with Crippen molar-refractivity contribution in [2.45, 2.75) is 0 Å². The highest BCUT2D eigenvalue weighted by Gasteiger charge is 2.17. The standard InChI is InChI=1S/C10H14N4O3/c1-11-10(15)7-4-5-8(12-13(2)3)9(6-7)14(16)17/h4-6,12H,1-3H3,(H,11,15). The summed E-state index contributed by atoms with van der Waals surface area (Å²) < 4.78 is 0. The third kappa shape index (κ3) is 3.15. The maximum Gasteiger partial charge on any atom is 0.294 e. The van der Waals surface area contributed by atoms with E-state index in [1.807, 2.05) is 0 Å². The number of nitrogens with one attached hydrogen (secondary N) is 2. The first-order chi connectivity index (χ1) is 7.95. The number of hydrogen-bond acceptors (Lipinski definition) is 5. The van der Waals surface area contributed by atoms with Crippen molar-refractivity contribution in [3.63, 3.8) is 0 Å². The van der Waals surface area contributed by atoms with Gasteiger partial charge in [-0.05, 0) is 12.1 Å². The van der Waals surface area contributed by atoms with Crippen LogP contribution in [0.4, 0.5) is 11.4 Å². The topological polar surface area (TPSA) is 87.5 Å². The van der Waals surface area contributed by atoms with Gasteiger partial charge in [-0.2, -0.15) is 0 Å². The molecule has 17 heavy (non-hydrogen) atoms. The van der Waals surface area contributed by atoms with Crippen molar-refractivity contribution in [1.82, 2.24) is 10.3 Å². The normalized spacial score (nSPS) is 10.1. The van der Waals surface area contributed by atoms with E-state index >= 15 is 0 Å². The van der Waals surface area contributed by atoms with Crippen LogP contribution in [-0.2, 0) is 0 Å². The molecule has 0 radical (unpaired) electrons. The van der Waals surface area contributed by atoms with E-state index in [4.69, 9.17) is 0 Å². The molecule has 0 fully saturated rings. The molecule has 92 valence electrons. The molecule has 0 heterocycles. The van der Waals surface area contributed by atoms with Crippen LogP contribution in [0.2, 0.25) is 0 Å². The Bertz CT molecular complexity index is 445. The molecule has 0 atom stereocenters. The highest BCUT2D eigenvalue weighted by Crippen LogP contribution is 2.25. The number of carbonyl (C=O) groups excluding carboxylic acids is 1. The van der Waals surface area contributed by atoms with Gasteiger partial charge in [0.15, 0.2) is 0 Å². The second kappa shape index (κ2) is 5.26. The quantitative estimate of drug-likeness (QED) is 0.599. The summed E-state index contributed by atoms with van der Waals surface area (Å²) in [6.07, 6.45) is 0. The lowest BCUT2D eigenvalue weighted by Crippen LogP contribution is -2.21. The maximum atomic E-state index is 11.4. The summed E-state index contributed by atoms with van der Waals surface area (Å²) in [4.78, 5) is 21.7. The minimum Gasteiger partial charge on any atom is -0.355 e. The number of nitro groups is 1. The largest absolute Gasteiger partial charge is 0.355 e. The Hall–Kier alpha value is -2.15. The molecule has 0 aliphatic carbocycles. The van der Waals surface area contributed by atoms with Gasteiger partial charge in [-0.15, -0.1) is 0 Å². The lowest BCUT2D eigenvalue weighted by atomic mass is 10.1. The molecule has 0 bridgehead atoms. The van der Waals surface area contributed by atoms with Crippen molar-refractivity contribution >= 4 is 17.3 Å². The minimum atomic E-state index is -0.529. The molecule has 1 aromatic rings. The summed E-state index contributed by atoms with van der Waals surface area (Å²) in [6.45, 7) is 0. The SMILES string of the molecule is CNC(=O)c1ccc(NN(C)C)c([N+](=O)[O-])c1. The van der Waals surface area contributed by atoms with E-state index in [0.717, 1.165) is 0 Å². The third-order valence-corrected chi connectivity index (χ3v) is 2.03. The molecule has 0 saturated heterocycles. The zero-order valence-corrected chi connectivity index (χ0v) is 9.85. The first kappa shape index (κ1) is 12.9. The van der Waals surface area contributed by atoms with Crippen LogP contribution < -0.4 is 10.7 Å². The Labute approximate surface area is 98.5 Å². The summed E-state index contributed by atoms with van der Waals surface area (Å²) in [5, 5.41) is 14.9. The molecule has 0 spiro atoms. The molecule has 0 saturated carbocycles. The third-order valence-electron chi connectivity index (χ3n) is 2.03. The molecule has 1 amide bonds. The van der Waals surface area contributed by atoms with E-state index in [-0.39, 0.29) is 17.2 Å². The Morgan fingerprint density at radius 2 is 2.06 bits per heavy atom. The highest BCUT2D eigenvalue weighted by atomic mass is 16.6. The van der Waals surface area contributed by atoms with Crippen LogP contribution in [0.5, 0.6) is 0 Å².